The van der Waals surface area contributed by atoms with E-state index in [0.717, 1.165) is 29.1 Å². The number of unbranched alkanes of at least 4 members (excludes halogenated alkanes) is 2. The highest BCUT2D eigenvalue weighted by Crippen LogP contribution is 2.21. The second-order valence-electron chi connectivity index (χ2n) is 7.07. The highest BCUT2D eigenvalue weighted by atomic mass is 32.1. The molecule has 0 aromatic carbocycles. The Morgan fingerprint density at radius 2 is 2.04 bits per heavy atom. The third-order valence-electron chi connectivity index (χ3n) is 5.12. The average Bonchev–Trinajstić information content (AvgIpc) is 3.26. The summed E-state index contributed by atoms with van der Waals surface area (Å²) >= 11 is 1.48. The van der Waals surface area contributed by atoms with Crippen LogP contribution in [0.5, 0.6) is 0 Å². The van der Waals surface area contributed by atoms with Crippen molar-refractivity contribution in [3.63, 3.8) is 0 Å². The van der Waals surface area contributed by atoms with Gasteiger partial charge in [-0.3, -0.25) is 18.7 Å². The molecule has 3 aromatic heterocycles. The van der Waals surface area contributed by atoms with Gasteiger partial charge in [0.2, 0.25) is 5.78 Å². The fourth-order valence-corrected chi connectivity index (χ4v) is 4.41. The summed E-state index contributed by atoms with van der Waals surface area (Å²) in [5, 5.41) is 10.7. The van der Waals surface area contributed by atoms with Crippen molar-refractivity contribution in [2.45, 2.75) is 65.5 Å². The van der Waals surface area contributed by atoms with Crippen molar-refractivity contribution in [2.24, 2.45) is 7.05 Å². The lowest BCUT2D eigenvalue weighted by molar-refractivity contribution is 0.181. The summed E-state index contributed by atoms with van der Waals surface area (Å²) in [5.74, 6) is 1.53. The van der Waals surface area contributed by atoms with Crippen LogP contribution in [0.4, 0.5) is 0 Å². The molecule has 1 atom stereocenters. The Labute approximate surface area is 158 Å². The minimum atomic E-state index is 0.000558. The molecule has 3 rings (SSSR count). The molecule has 3 heterocycles. The van der Waals surface area contributed by atoms with E-state index < -0.39 is 0 Å². The first-order chi connectivity index (χ1) is 12.6. The minimum Gasteiger partial charge on any atom is -0.293 e. The van der Waals surface area contributed by atoms with E-state index in [1.165, 1.54) is 43.4 Å². The molecule has 0 saturated heterocycles. The van der Waals surface area contributed by atoms with Gasteiger partial charge in [0, 0.05) is 13.1 Å². The summed E-state index contributed by atoms with van der Waals surface area (Å²) in [6.45, 7) is 8.60. The number of nitrogens with zero attached hydrogens (tertiary/aromatic N) is 5. The van der Waals surface area contributed by atoms with E-state index >= 15 is 0 Å². The van der Waals surface area contributed by atoms with Crippen molar-refractivity contribution in [1.82, 2.24) is 24.1 Å². The maximum atomic E-state index is 12.5. The molecule has 0 bridgehead atoms. The molecule has 0 fully saturated rings. The molecule has 0 aliphatic rings. The molecule has 6 nitrogen and oxygen atoms in total. The van der Waals surface area contributed by atoms with Gasteiger partial charge in [-0.15, -0.1) is 21.5 Å². The zero-order chi connectivity index (χ0) is 18.7. The molecule has 0 aliphatic heterocycles. The van der Waals surface area contributed by atoms with Crippen LogP contribution in [0.2, 0.25) is 0 Å². The maximum absolute atomic E-state index is 12.5. The lowest BCUT2D eigenvalue weighted by atomic mass is 10.1. The monoisotopic (exact) mass is 375 g/mol. The van der Waals surface area contributed by atoms with E-state index in [2.05, 4.69) is 40.3 Å². The molecule has 0 aliphatic carbocycles. The van der Waals surface area contributed by atoms with Crippen molar-refractivity contribution < 1.29 is 0 Å². The first-order valence-corrected chi connectivity index (χ1v) is 10.5. The number of rotatable bonds is 9. The third-order valence-corrected chi connectivity index (χ3v) is 6.01. The molecular formula is C19H29N5OS. The van der Waals surface area contributed by atoms with E-state index in [1.807, 2.05) is 11.4 Å². The Bertz CT molecular complexity index is 925. The number of hydrogen-bond acceptors (Lipinski definition) is 5. The Morgan fingerprint density at radius 3 is 2.77 bits per heavy atom. The predicted molar refractivity (Wildman–Crippen MR) is 108 cm³/mol. The molecule has 3 aromatic rings. The molecule has 26 heavy (non-hydrogen) atoms. The van der Waals surface area contributed by atoms with Gasteiger partial charge in [-0.1, -0.05) is 33.1 Å². The van der Waals surface area contributed by atoms with Crippen LogP contribution in [-0.4, -0.2) is 36.7 Å². The van der Waals surface area contributed by atoms with Crippen molar-refractivity contribution in [3.8, 4) is 0 Å². The molecule has 0 N–H and O–H groups in total. The largest absolute Gasteiger partial charge is 0.293 e. The Kier molecular flexibility index (Phi) is 6.09. The van der Waals surface area contributed by atoms with Gasteiger partial charge in [0.25, 0.3) is 5.56 Å². The smallest absolute Gasteiger partial charge is 0.272 e. The van der Waals surface area contributed by atoms with E-state index in [4.69, 9.17) is 0 Å². The zero-order valence-corrected chi connectivity index (χ0v) is 17.1. The molecule has 7 heteroatoms. The van der Waals surface area contributed by atoms with E-state index in [1.54, 1.807) is 11.6 Å². The average molecular weight is 376 g/mol. The zero-order valence-electron chi connectivity index (χ0n) is 16.2. The topological polar surface area (TPSA) is 55.4 Å². The molecule has 0 radical (unpaired) electrons. The Morgan fingerprint density at radius 1 is 1.23 bits per heavy atom. The van der Waals surface area contributed by atoms with Crippen LogP contribution >= 0.6 is 11.3 Å². The van der Waals surface area contributed by atoms with Gasteiger partial charge in [0.05, 0.1) is 12.1 Å². The Hall–Kier alpha value is -1.73. The summed E-state index contributed by atoms with van der Waals surface area (Å²) < 4.78 is 4.42. The van der Waals surface area contributed by atoms with Crippen LogP contribution in [-0.2, 0) is 13.6 Å². The lowest BCUT2D eigenvalue weighted by Gasteiger charge is -2.28. The maximum Gasteiger partial charge on any atom is 0.272 e. The van der Waals surface area contributed by atoms with Crippen LogP contribution < -0.4 is 5.56 Å². The van der Waals surface area contributed by atoms with Gasteiger partial charge in [-0.2, -0.15) is 0 Å². The van der Waals surface area contributed by atoms with Crippen LogP contribution in [0.15, 0.2) is 16.2 Å². The van der Waals surface area contributed by atoms with E-state index in [-0.39, 0.29) is 5.56 Å². The summed E-state index contributed by atoms with van der Waals surface area (Å²) in [4.78, 5) is 15.0. The molecule has 0 amide bonds. The first kappa shape index (κ1) is 19.0. The predicted octanol–water partition coefficient (Wildman–Crippen LogP) is 3.82. The van der Waals surface area contributed by atoms with E-state index in [0.29, 0.717) is 11.8 Å². The second kappa shape index (κ2) is 8.31. The first-order valence-electron chi connectivity index (χ1n) is 9.62. The van der Waals surface area contributed by atoms with Crippen LogP contribution in [0.1, 0.15) is 58.7 Å². The molecular weight excluding hydrogens is 346 g/mol. The van der Waals surface area contributed by atoms with Gasteiger partial charge >= 0.3 is 0 Å². The van der Waals surface area contributed by atoms with Crippen molar-refractivity contribution in [1.29, 1.82) is 0 Å². The molecule has 0 saturated carbocycles. The van der Waals surface area contributed by atoms with Gasteiger partial charge in [0.1, 0.15) is 4.70 Å². The fraction of sp³-hybridized carbons (Fsp3) is 0.632. The van der Waals surface area contributed by atoms with Gasteiger partial charge in [-0.25, -0.2) is 0 Å². The van der Waals surface area contributed by atoms with E-state index in [9.17, 15) is 4.79 Å². The Balaban J connectivity index is 1.99. The highest BCUT2D eigenvalue weighted by Gasteiger charge is 2.20. The summed E-state index contributed by atoms with van der Waals surface area (Å²) in [5.41, 5.74) is 0.922. The van der Waals surface area contributed by atoms with Gasteiger partial charge in [0.15, 0.2) is 5.82 Å². The van der Waals surface area contributed by atoms with Crippen LogP contribution in [0.25, 0.3) is 16.0 Å². The third kappa shape index (κ3) is 3.55. The number of aromatic nitrogens is 4. The summed E-state index contributed by atoms with van der Waals surface area (Å²) in [6, 6.07) is 2.51. The number of fused-ring (bicyclic) bond motifs is 3. The standard InChI is InChI=1S/C19H29N5OS/c1-5-7-8-11-23(14(3)9-6-2)13-16-20-21-19-22(4)18(25)17-15(24(16)19)10-12-26-17/h10,12,14H,5-9,11,13H2,1-4H3/t14-/m0/s1. The van der Waals surface area contributed by atoms with Gasteiger partial charge in [-0.05, 0) is 37.8 Å². The normalized spacial score (nSPS) is 13.3. The summed E-state index contributed by atoms with van der Waals surface area (Å²) in [6.07, 6.45) is 6.03. The molecule has 142 valence electrons. The van der Waals surface area contributed by atoms with Crippen LogP contribution in [0.3, 0.4) is 0 Å². The lowest BCUT2D eigenvalue weighted by Crippen LogP contribution is -2.34. The van der Waals surface area contributed by atoms with Gasteiger partial charge < -0.3 is 0 Å². The fourth-order valence-electron chi connectivity index (χ4n) is 3.56. The number of hydrogen-bond donors (Lipinski definition) is 0. The van der Waals surface area contributed by atoms with Crippen molar-refractivity contribution in [2.75, 3.05) is 6.54 Å². The SMILES string of the molecule is CCCCCN(Cc1nnc2n(C)c(=O)c3sccc3n12)[C@@H](C)CCC. The highest BCUT2D eigenvalue weighted by molar-refractivity contribution is 7.17. The van der Waals surface area contributed by atoms with Crippen molar-refractivity contribution >= 4 is 27.3 Å². The number of aryl methyl sites for hydroxylation is 1. The van der Waals surface area contributed by atoms with Crippen LogP contribution in [0, 0.1) is 0 Å². The quantitative estimate of drug-likeness (QED) is 0.534. The second-order valence-corrected chi connectivity index (χ2v) is 7.98. The van der Waals surface area contributed by atoms with Crippen molar-refractivity contribution in [3.05, 3.63) is 27.6 Å². The minimum absolute atomic E-state index is 0.000558. The molecule has 0 spiro atoms. The molecule has 0 unspecified atom stereocenters. The number of thiophene rings is 1. The summed E-state index contributed by atoms with van der Waals surface area (Å²) in [7, 11) is 1.77.